The molecule has 1 saturated heterocycles. The lowest BCUT2D eigenvalue weighted by Gasteiger charge is -2.35. The second-order valence-electron chi connectivity index (χ2n) is 6.52. The minimum absolute atomic E-state index is 0.0144. The Labute approximate surface area is 173 Å². The number of hydrogen-bond donors (Lipinski definition) is 0. The number of piperazine rings is 1. The van der Waals surface area contributed by atoms with E-state index in [0.717, 1.165) is 10.0 Å². The van der Waals surface area contributed by atoms with Gasteiger partial charge in [-0.15, -0.1) is 0 Å². The molecule has 28 heavy (non-hydrogen) atoms. The minimum Gasteiger partial charge on any atom is -0.493 e. The summed E-state index contributed by atoms with van der Waals surface area (Å²) in [6, 6.07) is 12.9. The van der Waals surface area contributed by atoms with Crippen LogP contribution in [0.15, 0.2) is 46.9 Å². The van der Waals surface area contributed by atoms with Crippen molar-refractivity contribution in [1.29, 1.82) is 0 Å². The van der Waals surface area contributed by atoms with Crippen LogP contribution in [0.2, 0.25) is 0 Å². The summed E-state index contributed by atoms with van der Waals surface area (Å²) in [7, 11) is 3.15. The van der Waals surface area contributed by atoms with Crippen molar-refractivity contribution in [2.75, 3.05) is 40.4 Å². The molecule has 2 amide bonds. The summed E-state index contributed by atoms with van der Waals surface area (Å²) in [6.07, 6.45) is 0.290. The second kappa shape index (κ2) is 9.10. The molecule has 3 rings (SSSR count). The summed E-state index contributed by atoms with van der Waals surface area (Å²) in [4.78, 5) is 28.9. The lowest BCUT2D eigenvalue weighted by molar-refractivity contribution is -0.131. The Kier molecular flexibility index (Phi) is 6.57. The Balaban J connectivity index is 1.58. The van der Waals surface area contributed by atoms with Crippen LogP contribution in [0, 0.1) is 0 Å². The van der Waals surface area contributed by atoms with Crippen LogP contribution < -0.4 is 9.47 Å². The highest BCUT2D eigenvalue weighted by molar-refractivity contribution is 9.10. The Morgan fingerprint density at radius 1 is 0.929 bits per heavy atom. The predicted octanol–water partition coefficient (Wildman–Crippen LogP) is 2.99. The molecular formula is C21H23BrN2O4. The lowest BCUT2D eigenvalue weighted by atomic mass is 10.1. The Morgan fingerprint density at radius 2 is 1.57 bits per heavy atom. The minimum atomic E-state index is -0.0144. The third-order valence-corrected chi connectivity index (χ3v) is 5.52. The van der Waals surface area contributed by atoms with Gasteiger partial charge in [0.1, 0.15) is 0 Å². The average molecular weight is 447 g/mol. The molecule has 0 radical (unpaired) electrons. The maximum atomic E-state index is 12.7. The van der Waals surface area contributed by atoms with E-state index in [1.807, 2.05) is 30.3 Å². The number of ether oxygens (including phenoxy) is 2. The zero-order chi connectivity index (χ0) is 20.1. The number of nitrogens with zero attached hydrogens (tertiary/aromatic N) is 2. The molecule has 0 bridgehead atoms. The van der Waals surface area contributed by atoms with E-state index in [0.29, 0.717) is 49.7 Å². The highest BCUT2D eigenvalue weighted by atomic mass is 79.9. The van der Waals surface area contributed by atoms with E-state index in [4.69, 9.17) is 9.47 Å². The number of halogens is 1. The highest BCUT2D eigenvalue weighted by Gasteiger charge is 2.25. The normalized spacial score (nSPS) is 14.0. The smallest absolute Gasteiger partial charge is 0.255 e. The van der Waals surface area contributed by atoms with Gasteiger partial charge in [-0.3, -0.25) is 9.59 Å². The van der Waals surface area contributed by atoms with E-state index in [1.165, 1.54) is 0 Å². The molecule has 1 fully saturated rings. The van der Waals surface area contributed by atoms with E-state index in [-0.39, 0.29) is 11.8 Å². The summed E-state index contributed by atoms with van der Waals surface area (Å²) in [5.41, 5.74) is 1.52. The summed E-state index contributed by atoms with van der Waals surface area (Å²) in [5, 5.41) is 0. The number of rotatable bonds is 5. The first-order valence-corrected chi connectivity index (χ1v) is 9.85. The number of carbonyl (C=O) groups is 2. The Morgan fingerprint density at radius 3 is 2.21 bits per heavy atom. The van der Waals surface area contributed by atoms with E-state index in [9.17, 15) is 9.59 Å². The van der Waals surface area contributed by atoms with E-state index in [1.54, 1.807) is 36.2 Å². The Bertz CT molecular complexity index is 863. The van der Waals surface area contributed by atoms with Crippen molar-refractivity contribution in [2.24, 2.45) is 0 Å². The monoisotopic (exact) mass is 446 g/mol. The molecule has 1 aliphatic heterocycles. The van der Waals surface area contributed by atoms with Crippen LogP contribution in [0.5, 0.6) is 11.5 Å². The van der Waals surface area contributed by atoms with Crippen LogP contribution in [0.3, 0.4) is 0 Å². The summed E-state index contributed by atoms with van der Waals surface area (Å²) < 4.78 is 11.3. The average Bonchev–Trinajstić information content (AvgIpc) is 2.73. The number of methoxy groups -OCH3 is 2. The van der Waals surface area contributed by atoms with Gasteiger partial charge in [-0.1, -0.05) is 18.2 Å². The molecule has 148 valence electrons. The van der Waals surface area contributed by atoms with Gasteiger partial charge in [0.2, 0.25) is 5.91 Å². The van der Waals surface area contributed by atoms with E-state index in [2.05, 4.69) is 15.9 Å². The number of hydrogen-bond acceptors (Lipinski definition) is 4. The summed E-state index contributed by atoms with van der Waals surface area (Å²) >= 11 is 3.43. The lowest BCUT2D eigenvalue weighted by Crippen LogP contribution is -2.51. The van der Waals surface area contributed by atoms with Crippen molar-refractivity contribution in [1.82, 2.24) is 9.80 Å². The van der Waals surface area contributed by atoms with Crippen LogP contribution in [-0.2, 0) is 11.2 Å². The number of benzene rings is 2. The van der Waals surface area contributed by atoms with Crippen molar-refractivity contribution in [3.05, 3.63) is 58.1 Å². The maximum Gasteiger partial charge on any atom is 0.255 e. The standard InChI is InChI=1S/C21H23BrN2O4/c1-27-18-8-7-15(13-19(18)28-2)14-20(25)23-9-11-24(12-10-23)21(26)16-5-3-4-6-17(16)22/h3-8,13H,9-12,14H2,1-2H3. The van der Waals surface area contributed by atoms with Crippen LogP contribution in [0.25, 0.3) is 0 Å². The molecule has 1 aliphatic rings. The molecular weight excluding hydrogens is 424 g/mol. The van der Waals surface area contributed by atoms with Gasteiger partial charge in [-0.05, 0) is 45.8 Å². The van der Waals surface area contributed by atoms with Crippen LogP contribution >= 0.6 is 15.9 Å². The fourth-order valence-corrected chi connectivity index (χ4v) is 3.70. The molecule has 0 saturated carbocycles. The third-order valence-electron chi connectivity index (χ3n) is 4.83. The molecule has 7 heteroatoms. The van der Waals surface area contributed by atoms with Gasteiger partial charge in [-0.25, -0.2) is 0 Å². The topological polar surface area (TPSA) is 59.1 Å². The van der Waals surface area contributed by atoms with Gasteiger partial charge >= 0.3 is 0 Å². The van der Waals surface area contributed by atoms with Gasteiger partial charge in [-0.2, -0.15) is 0 Å². The zero-order valence-electron chi connectivity index (χ0n) is 16.0. The van der Waals surface area contributed by atoms with E-state index < -0.39 is 0 Å². The first kappa shape index (κ1) is 20.2. The third kappa shape index (κ3) is 4.47. The van der Waals surface area contributed by atoms with Gasteiger partial charge in [0.25, 0.3) is 5.91 Å². The van der Waals surface area contributed by atoms with Gasteiger partial charge in [0, 0.05) is 30.7 Å². The van der Waals surface area contributed by atoms with Gasteiger partial charge in [0.15, 0.2) is 11.5 Å². The molecule has 0 aliphatic carbocycles. The fraction of sp³-hybridized carbons (Fsp3) is 0.333. The van der Waals surface area contributed by atoms with Crippen LogP contribution in [0.1, 0.15) is 15.9 Å². The predicted molar refractivity (Wildman–Crippen MR) is 110 cm³/mol. The number of amides is 2. The second-order valence-corrected chi connectivity index (χ2v) is 7.37. The molecule has 0 atom stereocenters. The molecule has 0 N–H and O–H groups in total. The van der Waals surface area contributed by atoms with Crippen molar-refractivity contribution < 1.29 is 19.1 Å². The maximum absolute atomic E-state index is 12.7. The van der Waals surface area contributed by atoms with Gasteiger partial charge < -0.3 is 19.3 Å². The molecule has 2 aromatic rings. The summed E-state index contributed by atoms with van der Waals surface area (Å²) in [6.45, 7) is 2.11. The fourth-order valence-electron chi connectivity index (χ4n) is 3.24. The molecule has 1 heterocycles. The molecule has 2 aromatic carbocycles. The van der Waals surface area contributed by atoms with Crippen LogP contribution in [-0.4, -0.2) is 62.0 Å². The van der Waals surface area contributed by atoms with Gasteiger partial charge in [0.05, 0.1) is 26.2 Å². The van der Waals surface area contributed by atoms with Crippen LogP contribution in [0.4, 0.5) is 0 Å². The van der Waals surface area contributed by atoms with Crippen molar-refractivity contribution in [3.8, 4) is 11.5 Å². The van der Waals surface area contributed by atoms with Crippen molar-refractivity contribution >= 4 is 27.7 Å². The largest absolute Gasteiger partial charge is 0.493 e. The molecule has 0 unspecified atom stereocenters. The highest BCUT2D eigenvalue weighted by Crippen LogP contribution is 2.28. The molecule has 0 spiro atoms. The first-order valence-electron chi connectivity index (χ1n) is 9.06. The molecule has 0 aromatic heterocycles. The van der Waals surface area contributed by atoms with E-state index >= 15 is 0 Å². The first-order chi connectivity index (χ1) is 13.5. The SMILES string of the molecule is COc1ccc(CC(=O)N2CCN(C(=O)c3ccccc3Br)CC2)cc1OC. The zero-order valence-corrected chi connectivity index (χ0v) is 17.6. The Hall–Kier alpha value is -2.54. The van der Waals surface area contributed by atoms with Crippen molar-refractivity contribution in [3.63, 3.8) is 0 Å². The quantitative estimate of drug-likeness (QED) is 0.708. The van der Waals surface area contributed by atoms with Crippen molar-refractivity contribution in [2.45, 2.75) is 6.42 Å². The molecule has 6 nitrogen and oxygen atoms in total. The number of carbonyl (C=O) groups excluding carboxylic acids is 2. The summed E-state index contributed by atoms with van der Waals surface area (Å²) in [5.74, 6) is 1.27.